The van der Waals surface area contributed by atoms with Crippen molar-refractivity contribution < 1.29 is 13.2 Å². The molecule has 1 heterocycles. The van der Waals surface area contributed by atoms with E-state index in [2.05, 4.69) is 20.1 Å². The maximum atomic E-state index is 11.5. The summed E-state index contributed by atoms with van der Waals surface area (Å²) in [4.78, 5) is 8.94. The van der Waals surface area contributed by atoms with Crippen molar-refractivity contribution in [2.24, 2.45) is 4.99 Å². The molecule has 0 unspecified atom stereocenters. The minimum atomic E-state index is -2.83. The smallest absolute Gasteiger partial charge is 0.194 e. The molecule has 7 nitrogen and oxygen atoms in total. The summed E-state index contributed by atoms with van der Waals surface area (Å²) < 4.78 is 28.2. The van der Waals surface area contributed by atoms with Gasteiger partial charge < -0.3 is 15.0 Å². The third-order valence-corrected chi connectivity index (χ3v) is 6.00. The highest BCUT2D eigenvalue weighted by Crippen LogP contribution is 2.12. The second-order valence-electron chi connectivity index (χ2n) is 6.43. The molecule has 0 atom stereocenters. The van der Waals surface area contributed by atoms with E-state index in [1.54, 1.807) is 7.11 Å². The largest absolute Gasteiger partial charge is 0.497 e. The van der Waals surface area contributed by atoms with Crippen molar-refractivity contribution in [3.8, 4) is 5.75 Å². The number of hydrogen-bond acceptors (Lipinski definition) is 5. The predicted octanol–water partition coefficient (Wildman–Crippen LogP) is 1.44. The van der Waals surface area contributed by atoms with Gasteiger partial charge in [-0.1, -0.05) is 12.1 Å². The number of aliphatic imine (C=N–C) groups is 1. The third-order valence-electron chi connectivity index (χ3n) is 4.39. The van der Waals surface area contributed by atoms with E-state index in [-0.39, 0.29) is 35.5 Å². The fraction of sp³-hybridized carbons (Fsp3) is 0.611. The van der Waals surface area contributed by atoms with Crippen LogP contribution in [-0.2, 0) is 16.4 Å². The molecule has 1 aromatic carbocycles. The molecule has 1 fully saturated rings. The molecule has 0 saturated carbocycles. The summed E-state index contributed by atoms with van der Waals surface area (Å²) in [5, 5.41) is 3.31. The van der Waals surface area contributed by atoms with E-state index in [0.29, 0.717) is 19.6 Å². The SMILES string of the molecule is CCNC(=NCCN1CCS(=O)(=O)CC1)N(C)Cc1ccc(OC)cc1.I. The molecule has 0 bridgehead atoms. The van der Waals surface area contributed by atoms with Gasteiger partial charge in [-0.2, -0.15) is 0 Å². The summed E-state index contributed by atoms with van der Waals surface area (Å²) in [7, 11) is 0.849. The van der Waals surface area contributed by atoms with E-state index in [1.165, 1.54) is 5.56 Å². The van der Waals surface area contributed by atoms with Gasteiger partial charge in [-0.15, -0.1) is 24.0 Å². The molecule has 0 amide bonds. The van der Waals surface area contributed by atoms with Crippen molar-refractivity contribution in [3.05, 3.63) is 29.8 Å². The van der Waals surface area contributed by atoms with E-state index in [1.807, 2.05) is 38.2 Å². The van der Waals surface area contributed by atoms with Crippen molar-refractivity contribution in [1.82, 2.24) is 15.1 Å². The minimum Gasteiger partial charge on any atom is -0.497 e. The zero-order chi connectivity index (χ0) is 19.0. The van der Waals surface area contributed by atoms with Crippen molar-refractivity contribution in [3.63, 3.8) is 0 Å². The van der Waals surface area contributed by atoms with Crippen LogP contribution >= 0.6 is 24.0 Å². The molecule has 27 heavy (non-hydrogen) atoms. The number of sulfone groups is 1. The Morgan fingerprint density at radius 1 is 1.26 bits per heavy atom. The second-order valence-corrected chi connectivity index (χ2v) is 8.74. The Balaban J connectivity index is 0.00000364. The van der Waals surface area contributed by atoms with E-state index in [9.17, 15) is 8.42 Å². The molecule has 2 rings (SSSR count). The predicted molar refractivity (Wildman–Crippen MR) is 121 cm³/mol. The Kier molecular flexibility index (Phi) is 10.4. The third kappa shape index (κ3) is 8.22. The van der Waals surface area contributed by atoms with E-state index in [4.69, 9.17) is 4.74 Å². The highest BCUT2D eigenvalue weighted by molar-refractivity contribution is 14.0. The molecule has 1 aliphatic rings. The first-order chi connectivity index (χ1) is 12.4. The first-order valence-corrected chi connectivity index (χ1v) is 10.8. The van der Waals surface area contributed by atoms with Gasteiger partial charge in [0, 0.05) is 39.8 Å². The molecular weight excluding hydrogens is 479 g/mol. The molecule has 9 heteroatoms. The van der Waals surface area contributed by atoms with Crippen LogP contribution in [0, 0.1) is 0 Å². The van der Waals surface area contributed by atoms with Gasteiger partial charge in [0.2, 0.25) is 0 Å². The number of halogens is 1. The minimum absolute atomic E-state index is 0. The number of guanidine groups is 1. The van der Waals surface area contributed by atoms with Crippen LogP contribution in [0.1, 0.15) is 12.5 Å². The fourth-order valence-corrected chi connectivity index (χ4v) is 4.10. The number of ether oxygens (including phenoxy) is 1. The van der Waals surface area contributed by atoms with E-state index in [0.717, 1.165) is 31.3 Å². The molecule has 1 N–H and O–H groups in total. The van der Waals surface area contributed by atoms with Crippen molar-refractivity contribution in [1.29, 1.82) is 0 Å². The molecule has 1 aromatic rings. The molecule has 1 aliphatic heterocycles. The van der Waals surface area contributed by atoms with Gasteiger partial charge in [0.1, 0.15) is 5.75 Å². The van der Waals surface area contributed by atoms with Crippen LogP contribution in [0.2, 0.25) is 0 Å². The average Bonchev–Trinajstić information content (AvgIpc) is 2.63. The van der Waals surface area contributed by atoms with Gasteiger partial charge in [0.05, 0.1) is 25.2 Å². The molecular formula is C18H31IN4O3S. The number of nitrogens with zero attached hydrogens (tertiary/aromatic N) is 3. The maximum Gasteiger partial charge on any atom is 0.194 e. The summed E-state index contributed by atoms with van der Waals surface area (Å²) in [5.74, 6) is 2.22. The number of rotatable bonds is 7. The van der Waals surface area contributed by atoms with Gasteiger partial charge in [-0.25, -0.2) is 8.42 Å². The second kappa shape index (κ2) is 11.7. The Hall–Kier alpha value is -1.07. The van der Waals surface area contributed by atoms with Crippen LogP contribution in [0.4, 0.5) is 0 Å². The molecule has 0 spiro atoms. The zero-order valence-electron chi connectivity index (χ0n) is 16.3. The summed E-state index contributed by atoms with van der Waals surface area (Å²) in [6.07, 6.45) is 0. The van der Waals surface area contributed by atoms with E-state index >= 15 is 0 Å². The lowest BCUT2D eigenvalue weighted by atomic mass is 10.2. The van der Waals surface area contributed by atoms with Crippen molar-refractivity contribution >= 4 is 39.8 Å². The van der Waals surface area contributed by atoms with Crippen molar-refractivity contribution in [2.45, 2.75) is 13.5 Å². The lowest BCUT2D eigenvalue weighted by molar-refractivity contribution is 0.303. The number of hydrogen-bond donors (Lipinski definition) is 1. The Bertz CT molecular complexity index is 681. The number of benzene rings is 1. The topological polar surface area (TPSA) is 74.2 Å². The van der Waals surface area contributed by atoms with Crippen LogP contribution in [0.25, 0.3) is 0 Å². The quantitative estimate of drug-likeness (QED) is 0.340. The average molecular weight is 510 g/mol. The number of nitrogens with one attached hydrogen (secondary N) is 1. The van der Waals surface area contributed by atoms with Gasteiger partial charge in [0.15, 0.2) is 15.8 Å². The summed E-state index contributed by atoms with van der Waals surface area (Å²) in [6.45, 7) is 6.24. The number of methoxy groups -OCH3 is 1. The Morgan fingerprint density at radius 2 is 1.89 bits per heavy atom. The maximum absolute atomic E-state index is 11.5. The highest BCUT2D eigenvalue weighted by atomic mass is 127. The zero-order valence-corrected chi connectivity index (χ0v) is 19.5. The monoisotopic (exact) mass is 510 g/mol. The molecule has 0 radical (unpaired) electrons. The lowest BCUT2D eigenvalue weighted by Gasteiger charge is -2.26. The van der Waals surface area contributed by atoms with Crippen molar-refractivity contribution in [2.75, 3.05) is 58.4 Å². The van der Waals surface area contributed by atoms with Crippen LogP contribution in [0.3, 0.4) is 0 Å². The summed E-state index contributed by atoms with van der Waals surface area (Å²) in [5.41, 5.74) is 1.18. The van der Waals surface area contributed by atoms with E-state index < -0.39 is 9.84 Å². The molecule has 0 aliphatic carbocycles. The molecule has 154 valence electrons. The highest BCUT2D eigenvalue weighted by Gasteiger charge is 2.20. The summed E-state index contributed by atoms with van der Waals surface area (Å²) >= 11 is 0. The normalized spacial score (nSPS) is 17.1. The van der Waals surface area contributed by atoms with Gasteiger partial charge >= 0.3 is 0 Å². The van der Waals surface area contributed by atoms with Crippen LogP contribution in [0.15, 0.2) is 29.3 Å². The van der Waals surface area contributed by atoms with Gasteiger partial charge in [-0.3, -0.25) is 9.89 Å². The van der Waals surface area contributed by atoms with Gasteiger partial charge in [0.25, 0.3) is 0 Å². The first-order valence-electron chi connectivity index (χ1n) is 8.98. The lowest BCUT2D eigenvalue weighted by Crippen LogP contribution is -2.42. The van der Waals surface area contributed by atoms with Crippen LogP contribution < -0.4 is 10.1 Å². The fourth-order valence-electron chi connectivity index (χ4n) is 2.82. The Labute approximate surface area is 180 Å². The van der Waals surface area contributed by atoms with Crippen LogP contribution in [-0.4, -0.2) is 82.6 Å². The first kappa shape index (κ1) is 24.0. The van der Waals surface area contributed by atoms with Crippen LogP contribution in [0.5, 0.6) is 5.75 Å². The standard InChI is InChI=1S/C18H30N4O3S.HI/c1-4-19-18(20-9-10-22-11-13-26(23,24)14-12-22)21(2)15-16-5-7-17(25-3)8-6-16;/h5-8H,4,9-15H2,1-3H3,(H,19,20);1H. The summed E-state index contributed by atoms with van der Waals surface area (Å²) in [6, 6.07) is 8.01. The van der Waals surface area contributed by atoms with Gasteiger partial charge in [-0.05, 0) is 24.6 Å². The Morgan fingerprint density at radius 3 is 2.44 bits per heavy atom. The molecule has 0 aromatic heterocycles. The molecule has 1 saturated heterocycles.